The third-order valence-corrected chi connectivity index (χ3v) is 6.16. The minimum Gasteiger partial charge on any atom is -0.448 e. The average molecular weight is 475 g/mol. The van der Waals surface area contributed by atoms with E-state index in [1.807, 2.05) is 6.07 Å². The summed E-state index contributed by atoms with van der Waals surface area (Å²) >= 11 is 0. The molecule has 0 saturated heterocycles. The second-order valence-corrected chi connectivity index (χ2v) is 8.77. The summed E-state index contributed by atoms with van der Waals surface area (Å²) in [4.78, 5) is 25.1. The molecule has 8 nitrogen and oxygen atoms in total. The van der Waals surface area contributed by atoms with Crippen LogP contribution in [0.3, 0.4) is 0 Å². The molecule has 1 aliphatic carbocycles. The Morgan fingerprint density at radius 2 is 2.06 bits per heavy atom. The number of hydrogen-bond acceptors (Lipinski definition) is 6. The molecule has 180 valence electrons. The van der Waals surface area contributed by atoms with Gasteiger partial charge in [0.25, 0.3) is 5.91 Å². The van der Waals surface area contributed by atoms with Gasteiger partial charge in [0.05, 0.1) is 17.6 Å². The van der Waals surface area contributed by atoms with Crippen LogP contribution in [0.2, 0.25) is 0 Å². The van der Waals surface area contributed by atoms with Crippen LogP contribution in [0, 0.1) is 5.92 Å². The highest BCUT2D eigenvalue weighted by molar-refractivity contribution is 5.92. The molecule has 1 amide bonds. The highest BCUT2D eigenvalue weighted by atomic mass is 19.1. The number of aromatic nitrogens is 3. The summed E-state index contributed by atoms with van der Waals surface area (Å²) in [5.41, 5.74) is 4.91. The first-order valence-electron chi connectivity index (χ1n) is 12.0. The first kappa shape index (κ1) is 23.0. The molecule has 35 heavy (non-hydrogen) atoms. The van der Waals surface area contributed by atoms with Crippen molar-refractivity contribution in [3.05, 3.63) is 71.3 Å². The Morgan fingerprint density at radius 3 is 2.91 bits per heavy atom. The molecule has 0 radical (unpaired) electrons. The Hall–Kier alpha value is -3.77. The zero-order valence-electron chi connectivity index (χ0n) is 19.4. The summed E-state index contributed by atoms with van der Waals surface area (Å²) in [5.74, 6) is 3.87. The lowest BCUT2D eigenvalue weighted by Crippen LogP contribution is -2.26. The molecule has 1 saturated carbocycles. The molecule has 5 rings (SSSR count). The van der Waals surface area contributed by atoms with E-state index in [1.165, 1.54) is 31.0 Å². The lowest BCUT2D eigenvalue weighted by Gasteiger charge is -2.09. The third-order valence-electron chi connectivity index (χ3n) is 6.16. The number of allylic oxidation sites excluding steroid dienone is 2. The lowest BCUT2D eigenvalue weighted by molar-refractivity contribution is 0.0951. The van der Waals surface area contributed by atoms with Crippen LogP contribution < -0.4 is 10.6 Å². The van der Waals surface area contributed by atoms with Gasteiger partial charge in [0.2, 0.25) is 0 Å². The smallest absolute Gasteiger partial charge is 0.273 e. The van der Waals surface area contributed by atoms with Gasteiger partial charge in [-0.05, 0) is 30.2 Å². The Balaban J connectivity index is 1.07. The van der Waals surface area contributed by atoms with Crippen molar-refractivity contribution in [1.82, 2.24) is 25.2 Å². The molecule has 2 N–H and O–H groups in total. The van der Waals surface area contributed by atoms with Crippen molar-refractivity contribution in [1.29, 1.82) is 0 Å². The molecular formula is C26H27FN6O2. The predicted octanol–water partition coefficient (Wildman–Crippen LogP) is 3.50. The number of aryl methyl sites for hydroxylation is 1. The van der Waals surface area contributed by atoms with Crippen molar-refractivity contribution in [3.63, 3.8) is 0 Å². The number of fused-ring (bicyclic) bond motifs is 1. The topological polar surface area (TPSA) is 97.3 Å². The number of carbonyl (C=O) groups is 1. The van der Waals surface area contributed by atoms with E-state index in [9.17, 15) is 9.18 Å². The Kier molecular flexibility index (Phi) is 7.00. The van der Waals surface area contributed by atoms with Crippen LogP contribution in [0.15, 0.2) is 63.3 Å². The van der Waals surface area contributed by atoms with E-state index in [0.29, 0.717) is 18.9 Å². The van der Waals surface area contributed by atoms with Gasteiger partial charge in [0, 0.05) is 44.4 Å². The maximum absolute atomic E-state index is 13.6. The number of halogens is 1. The van der Waals surface area contributed by atoms with E-state index >= 15 is 0 Å². The molecule has 0 atom stereocenters. The molecule has 2 aromatic heterocycles. The van der Waals surface area contributed by atoms with E-state index in [0.717, 1.165) is 42.8 Å². The highest BCUT2D eigenvalue weighted by Crippen LogP contribution is 2.33. The van der Waals surface area contributed by atoms with Crippen molar-refractivity contribution in [2.24, 2.45) is 10.9 Å². The SMILES string of the molecule is O=C(NCC1=C(F)C=C=C=N1)c1coc(CCNCCc2nc3ccccc3n2CCC2CC2)n1. The number of nitrogens with zero attached hydrogens (tertiary/aromatic N) is 4. The minimum atomic E-state index is -0.547. The van der Waals surface area contributed by atoms with Crippen molar-refractivity contribution in [2.45, 2.75) is 38.6 Å². The lowest BCUT2D eigenvalue weighted by atomic mass is 10.2. The minimum absolute atomic E-state index is 0.0645. The van der Waals surface area contributed by atoms with E-state index in [2.05, 4.69) is 55.0 Å². The van der Waals surface area contributed by atoms with Gasteiger partial charge >= 0.3 is 0 Å². The molecule has 3 aromatic rings. The molecule has 0 spiro atoms. The van der Waals surface area contributed by atoms with Gasteiger partial charge in [0.15, 0.2) is 17.4 Å². The van der Waals surface area contributed by atoms with Gasteiger partial charge in [-0.2, -0.15) is 4.99 Å². The van der Waals surface area contributed by atoms with Crippen molar-refractivity contribution >= 4 is 22.8 Å². The fraction of sp³-hybridized carbons (Fsp3) is 0.385. The van der Waals surface area contributed by atoms with Gasteiger partial charge in [0.1, 0.15) is 17.8 Å². The van der Waals surface area contributed by atoms with Crippen molar-refractivity contribution < 1.29 is 13.6 Å². The maximum Gasteiger partial charge on any atom is 0.273 e. The summed E-state index contributed by atoms with van der Waals surface area (Å²) in [6.07, 6.45) is 7.74. The van der Waals surface area contributed by atoms with Crippen LogP contribution >= 0.6 is 0 Å². The number of rotatable bonds is 12. The largest absolute Gasteiger partial charge is 0.448 e. The molecular weight excluding hydrogens is 447 g/mol. The molecule has 1 aliphatic heterocycles. The van der Waals surface area contributed by atoms with Crippen LogP contribution in [0.4, 0.5) is 4.39 Å². The zero-order chi connectivity index (χ0) is 24.0. The second-order valence-electron chi connectivity index (χ2n) is 8.77. The van der Waals surface area contributed by atoms with Gasteiger partial charge in [-0.1, -0.05) is 25.0 Å². The number of amides is 1. The number of imidazole rings is 1. The average Bonchev–Trinajstić information content (AvgIpc) is 3.46. The fourth-order valence-electron chi connectivity index (χ4n) is 4.05. The van der Waals surface area contributed by atoms with Crippen LogP contribution in [0.5, 0.6) is 0 Å². The zero-order valence-corrected chi connectivity index (χ0v) is 19.4. The van der Waals surface area contributed by atoms with E-state index in [1.54, 1.807) is 0 Å². The first-order valence-corrected chi connectivity index (χ1v) is 12.0. The second kappa shape index (κ2) is 10.7. The maximum atomic E-state index is 13.6. The molecule has 1 fully saturated rings. The van der Waals surface area contributed by atoms with E-state index in [-0.39, 0.29) is 17.9 Å². The third kappa shape index (κ3) is 5.84. The fourth-order valence-corrected chi connectivity index (χ4v) is 4.05. The number of hydrogen-bond donors (Lipinski definition) is 2. The van der Waals surface area contributed by atoms with Crippen LogP contribution in [-0.2, 0) is 19.4 Å². The Labute approximate surface area is 202 Å². The summed E-state index contributed by atoms with van der Waals surface area (Å²) in [6, 6.07) is 8.31. The predicted molar refractivity (Wildman–Crippen MR) is 130 cm³/mol. The molecule has 0 unspecified atom stereocenters. The normalized spacial score (nSPS) is 14.9. The molecule has 1 aromatic carbocycles. The number of para-hydroxylation sites is 2. The number of oxazole rings is 1. The van der Waals surface area contributed by atoms with Crippen LogP contribution in [0.1, 0.15) is 41.5 Å². The number of benzene rings is 1. The van der Waals surface area contributed by atoms with Crippen LogP contribution in [0.25, 0.3) is 11.0 Å². The number of nitrogens with one attached hydrogen (secondary N) is 2. The van der Waals surface area contributed by atoms with Crippen molar-refractivity contribution in [3.8, 4) is 0 Å². The van der Waals surface area contributed by atoms with Crippen molar-refractivity contribution in [2.75, 3.05) is 19.6 Å². The van der Waals surface area contributed by atoms with E-state index < -0.39 is 11.7 Å². The summed E-state index contributed by atoms with van der Waals surface area (Å²) in [6.45, 7) is 2.40. The summed E-state index contributed by atoms with van der Waals surface area (Å²) < 4.78 is 21.4. The van der Waals surface area contributed by atoms with Crippen LogP contribution in [-0.4, -0.2) is 45.9 Å². The molecule has 3 heterocycles. The van der Waals surface area contributed by atoms with Gasteiger partial charge in [-0.25, -0.2) is 14.4 Å². The quantitative estimate of drug-likeness (QED) is 0.309. The molecule has 2 aliphatic rings. The van der Waals surface area contributed by atoms with Gasteiger partial charge in [-0.15, -0.1) is 0 Å². The monoisotopic (exact) mass is 474 g/mol. The highest BCUT2D eigenvalue weighted by Gasteiger charge is 2.22. The van der Waals surface area contributed by atoms with Gasteiger partial charge < -0.3 is 19.6 Å². The first-order chi connectivity index (χ1) is 17.2. The molecule has 9 heteroatoms. The summed E-state index contributed by atoms with van der Waals surface area (Å²) in [5, 5.41) is 5.99. The Bertz CT molecular complexity index is 1350. The van der Waals surface area contributed by atoms with E-state index in [4.69, 9.17) is 9.40 Å². The number of aliphatic imine (C=N–C) groups is 1. The Morgan fingerprint density at radius 1 is 1.20 bits per heavy atom. The van der Waals surface area contributed by atoms with Gasteiger partial charge in [-0.3, -0.25) is 4.79 Å². The summed E-state index contributed by atoms with van der Waals surface area (Å²) in [7, 11) is 0. The standard InChI is InChI=1S/C26H27FN6O2/c27-19-4-3-12-29-21(19)16-30-26(34)22-17-35-25(32-22)10-14-28-13-9-24-31-20-5-1-2-6-23(20)33(24)15-11-18-7-8-18/h1-2,4-6,17-18,28H,7-11,13-16H2,(H,30,34). The molecule has 0 bridgehead atoms. The number of carbonyl (C=O) groups excluding carboxylic acids is 1.